The predicted molar refractivity (Wildman–Crippen MR) is 66.4 cm³/mol. The Morgan fingerprint density at radius 3 is 2.94 bits per heavy atom. The standard InChI is InChI=1S/C13H21N3O/c1-9(8-16-5-4-14-11(16)3)7-15-13(17)12-6-10(12)2/h4-5,9-10,12H,6-8H2,1-3H3,(H,15,17). The molecule has 0 aliphatic heterocycles. The van der Waals surface area contributed by atoms with Crippen LogP contribution in [-0.2, 0) is 11.3 Å². The molecule has 3 atom stereocenters. The summed E-state index contributed by atoms with van der Waals surface area (Å²) >= 11 is 0. The van der Waals surface area contributed by atoms with Crippen molar-refractivity contribution in [3.8, 4) is 0 Å². The van der Waals surface area contributed by atoms with Gasteiger partial charge in [0.15, 0.2) is 0 Å². The highest BCUT2D eigenvalue weighted by atomic mass is 16.2. The average molecular weight is 235 g/mol. The first-order valence-corrected chi connectivity index (χ1v) is 6.33. The van der Waals surface area contributed by atoms with Crippen molar-refractivity contribution in [2.45, 2.75) is 33.7 Å². The molecule has 0 bridgehead atoms. The molecular weight excluding hydrogens is 214 g/mol. The molecule has 17 heavy (non-hydrogen) atoms. The topological polar surface area (TPSA) is 46.9 Å². The maximum atomic E-state index is 11.7. The molecule has 3 unspecified atom stereocenters. The summed E-state index contributed by atoms with van der Waals surface area (Å²) in [6, 6.07) is 0. The maximum absolute atomic E-state index is 11.7. The van der Waals surface area contributed by atoms with Gasteiger partial charge in [0.25, 0.3) is 0 Å². The fourth-order valence-corrected chi connectivity index (χ4v) is 2.09. The molecule has 0 aromatic carbocycles. The normalized spacial score (nSPS) is 24.4. The average Bonchev–Trinajstić information content (AvgIpc) is 2.89. The first kappa shape index (κ1) is 12.1. The molecular formula is C13H21N3O. The van der Waals surface area contributed by atoms with E-state index in [9.17, 15) is 4.79 Å². The number of nitrogens with zero attached hydrogens (tertiary/aromatic N) is 2. The summed E-state index contributed by atoms with van der Waals surface area (Å²) in [6.07, 6.45) is 4.85. The predicted octanol–water partition coefficient (Wildman–Crippen LogP) is 1.60. The molecule has 1 fully saturated rings. The Morgan fingerprint density at radius 2 is 2.41 bits per heavy atom. The van der Waals surface area contributed by atoms with E-state index in [1.165, 1.54) is 0 Å². The van der Waals surface area contributed by atoms with E-state index in [0.29, 0.717) is 11.8 Å². The second-order valence-corrected chi connectivity index (χ2v) is 5.30. The fourth-order valence-electron chi connectivity index (χ4n) is 2.09. The summed E-state index contributed by atoms with van der Waals surface area (Å²) in [5.41, 5.74) is 0. The number of nitrogens with one attached hydrogen (secondary N) is 1. The van der Waals surface area contributed by atoms with Gasteiger partial charge in [0.05, 0.1) is 0 Å². The van der Waals surface area contributed by atoms with Gasteiger partial charge in [-0.2, -0.15) is 0 Å². The molecule has 4 heteroatoms. The minimum atomic E-state index is 0.228. The number of aryl methyl sites for hydroxylation is 1. The van der Waals surface area contributed by atoms with Crippen LogP contribution in [0.3, 0.4) is 0 Å². The van der Waals surface area contributed by atoms with E-state index in [1.54, 1.807) is 0 Å². The smallest absolute Gasteiger partial charge is 0.223 e. The van der Waals surface area contributed by atoms with E-state index in [0.717, 1.165) is 25.3 Å². The van der Waals surface area contributed by atoms with Crippen molar-refractivity contribution in [1.29, 1.82) is 0 Å². The summed E-state index contributed by atoms with van der Waals surface area (Å²) < 4.78 is 2.12. The van der Waals surface area contributed by atoms with Crippen LogP contribution in [0.15, 0.2) is 12.4 Å². The van der Waals surface area contributed by atoms with Gasteiger partial charge < -0.3 is 9.88 Å². The van der Waals surface area contributed by atoms with Crippen LogP contribution in [0, 0.1) is 24.7 Å². The second-order valence-electron chi connectivity index (χ2n) is 5.30. The first-order valence-electron chi connectivity index (χ1n) is 6.33. The van der Waals surface area contributed by atoms with Crippen LogP contribution in [0.5, 0.6) is 0 Å². The van der Waals surface area contributed by atoms with Gasteiger partial charge in [-0.3, -0.25) is 4.79 Å². The van der Waals surface area contributed by atoms with Gasteiger partial charge in [-0.1, -0.05) is 13.8 Å². The van der Waals surface area contributed by atoms with E-state index >= 15 is 0 Å². The van der Waals surface area contributed by atoms with Crippen molar-refractivity contribution in [3.63, 3.8) is 0 Å². The van der Waals surface area contributed by atoms with E-state index < -0.39 is 0 Å². The Labute approximate surface area is 102 Å². The third-order valence-corrected chi connectivity index (χ3v) is 3.50. The molecule has 1 heterocycles. The van der Waals surface area contributed by atoms with Gasteiger partial charge >= 0.3 is 0 Å². The van der Waals surface area contributed by atoms with Gasteiger partial charge in [-0.25, -0.2) is 4.98 Å². The highest BCUT2D eigenvalue weighted by molar-refractivity contribution is 5.81. The molecule has 94 valence electrons. The Balaban J connectivity index is 1.72. The quantitative estimate of drug-likeness (QED) is 0.842. The molecule has 4 nitrogen and oxygen atoms in total. The molecule has 1 saturated carbocycles. The Hall–Kier alpha value is -1.32. The van der Waals surface area contributed by atoms with Crippen LogP contribution in [0.2, 0.25) is 0 Å². The number of carbonyl (C=O) groups excluding carboxylic acids is 1. The molecule has 0 spiro atoms. The number of hydrogen-bond donors (Lipinski definition) is 1. The highest BCUT2D eigenvalue weighted by Gasteiger charge is 2.38. The Kier molecular flexibility index (Phi) is 3.50. The molecule has 1 aliphatic rings. The van der Waals surface area contributed by atoms with Crippen LogP contribution >= 0.6 is 0 Å². The van der Waals surface area contributed by atoms with Crippen LogP contribution < -0.4 is 5.32 Å². The van der Waals surface area contributed by atoms with Gasteiger partial charge in [-0.05, 0) is 25.2 Å². The second kappa shape index (κ2) is 4.90. The molecule has 0 saturated heterocycles. The van der Waals surface area contributed by atoms with E-state index in [4.69, 9.17) is 0 Å². The third kappa shape index (κ3) is 3.08. The van der Waals surface area contributed by atoms with E-state index in [-0.39, 0.29) is 11.8 Å². The lowest BCUT2D eigenvalue weighted by atomic mass is 10.1. The van der Waals surface area contributed by atoms with Crippen LogP contribution in [-0.4, -0.2) is 22.0 Å². The Bertz CT molecular complexity index is 399. The molecule has 1 aromatic heterocycles. The number of hydrogen-bond acceptors (Lipinski definition) is 2. The maximum Gasteiger partial charge on any atom is 0.223 e. The van der Waals surface area contributed by atoms with Crippen molar-refractivity contribution in [1.82, 2.24) is 14.9 Å². The molecule has 1 amide bonds. The summed E-state index contributed by atoms with van der Waals surface area (Å²) in [7, 11) is 0. The van der Waals surface area contributed by atoms with Crippen molar-refractivity contribution < 1.29 is 4.79 Å². The van der Waals surface area contributed by atoms with Gasteiger partial charge in [0.2, 0.25) is 5.91 Å². The largest absolute Gasteiger partial charge is 0.356 e. The van der Waals surface area contributed by atoms with Gasteiger partial charge in [-0.15, -0.1) is 0 Å². The number of amides is 1. The van der Waals surface area contributed by atoms with Gasteiger partial charge in [0.1, 0.15) is 5.82 Å². The van der Waals surface area contributed by atoms with Crippen LogP contribution in [0.1, 0.15) is 26.1 Å². The monoisotopic (exact) mass is 235 g/mol. The van der Waals surface area contributed by atoms with Crippen molar-refractivity contribution in [2.75, 3.05) is 6.54 Å². The lowest BCUT2D eigenvalue weighted by Gasteiger charge is -2.14. The zero-order valence-corrected chi connectivity index (χ0v) is 10.8. The van der Waals surface area contributed by atoms with Crippen molar-refractivity contribution in [2.24, 2.45) is 17.8 Å². The summed E-state index contributed by atoms with van der Waals surface area (Å²) in [5.74, 6) is 2.55. The third-order valence-electron chi connectivity index (χ3n) is 3.50. The van der Waals surface area contributed by atoms with Crippen molar-refractivity contribution in [3.05, 3.63) is 18.2 Å². The molecule has 1 aliphatic carbocycles. The number of rotatable bonds is 5. The summed E-state index contributed by atoms with van der Waals surface area (Å²) in [4.78, 5) is 15.8. The SMILES string of the molecule is Cc1nccn1CC(C)CNC(=O)C1CC1C. The van der Waals surface area contributed by atoms with Crippen LogP contribution in [0.25, 0.3) is 0 Å². The minimum Gasteiger partial charge on any atom is -0.356 e. The summed E-state index contributed by atoms with van der Waals surface area (Å²) in [5, 5.41) is 3.03. The highest BCUT2D eigenvalue weighted by Crippen LogP contribution is 2.37. The zero-order chi connectivity index (χ0) is 12.4. The number of carbonyl (C=O) groups is 1. The number of imidazole rings is 1. The fraction of sp³-hybridized carbons (Fsp3) is 0.692. The van der Waals surface area contributed by atoms with E-state index in [2.05, 4.69) is 28.7 Å². The number of aromatic nitrogens is 2. The minimum absolute atomic E-state index is 0.228. The molecule has 0 radical (unpaired) electrons. The first-order chi connectivity index (χ1) is 8.08. The zero-order valence-electron chi connectivity index (χ0n) is 10.8. The van der Waals surface area contributed by atoms with Crippen molar-refractivity contribution >= 4 is 5.91 Å². The van der Waals surface area contributed by atoms with E-state index in [1.807, 2.05) is 19.3 Å². The molecule has 1 aromatic rings. The lowest BCUT2D eigenvalue weighted by molar-refractivity contribution is -0.122. The Morgan fingerprint density at radius 1 is 1.71 bits per heavy atom. The molecule has 1 N–H and O–H groups in total. The van der Waals surface area contributed by atoms with Crippen LogP contribution in [0.4, 0.5) is 0 Å². The lowest BCUT2D eigenvalue weighted by Crippen LogP contribution is -2.31. The molecule has 2 rings (SSSR count). The van der Waals surface area contributed by atoms with Gasteiger partial charge in [0, 0.05) is 31.4 Å². The summed E-state index contributed by atoms with van der Waals surface area (Å²) in [6.45, 7) is 7.93.